The maximum atomic E-state index is 12.2. The summed E-state index contributed by atoms with van der Waals surface area (Å²) in [7, 11) is 0. The number of hydrazine groups is 1. The highest BCUT2D eigenvalue weighted by Gasteiger charge is 2.21. The molecular weight excluding hydrogens is 358 g/mol. The molecule has 1 aromatic heterocycles. The van der Waals surface area contributed by atoms with Crippen LogP contribution in [0.15, 0.2) is 47.2 Å². The van der Waals surface area contributed by atoms with Crippen molar-refractivity contribution in [3.63, 3.8) is 0 Å². The number of ether oxygens (including phenoxy) is 1. The van der Waals surface area contributed by atoms with E-state index in [-0.39, 0.29) is 0 Å². The fraction of sp³-hybridized carbons (Fsp3) is 0.294. The predicted octanol–water partition coefficient (Wildman–Crippen LogP) is 4.73. The lowest BCUT2D eigenvalue weighted by molar-refractivity contribution is 0.0528. The van der Waals surface area contributed by atoms with Gasteiger partial charge in [-0.1, -0.05) is 6.07 Å². The Bertz CT molecular complexity index is 684. The molecule has 5 nitrogen and oxygen atoms in total. The van der Waals surface area contributed by atoms with Gasteiger partial charge in [-0.25, -0.2) is 15.2 Å². The van der Waals surface area contributed by atoms with Crippen LogP contribution in [0, 0.1) is 6.92 Å². The first-order valence-corrected chi connectivity index (χ1v) is 8.01. The van der Waals surface area contributed by atoms with Crippen molar-refractivity contribution in [1.29, 1.82) is 0 Å². The average Bonchev–Trinajstić information content (AvgIpc) is 2.44. The molecule has 0 spiro atoms. The van der Waals surface area contributed by atoms with E-state index in [2.05, 4.69) is 26.3 Å². The van der Waals surface area contributed by atoms with Gasteiger partial charge in [-0.05, 0) is 73.5 Å². The highest BCUT2D eigenvalue weighted by Crippen LogP contribution is 2.31. The van der Waals surface area contributed by atoms with Crippen LogP contribution in [0.3, 0.4) is 0 Å². The molecule has 23 heavy (non-hydrogen) atoms. The second-order valence-corrected chi connectivity index (χ2v) is 6.97. The van der Waals surface area contributed by atoms with Crippen molar-refractivity contribution >= 4 is 33.4 Å². The maximum Gasteiger partial charge on any atom is 0.426 e. The topological polar surface area (TPSA) is 54.5 Å². The molecule has 0 saturated carbocycles. The molecule has 6 heteroatoms. The Morgan fingerprint density at radius 3 is 2.61 bits per heavy atom. The number of nitrogens with one attached hydrogen (secondary N) is 1. The number of rotatable bonds is 3. The second-order valence-electron chi connectivity index (χ2n) is 6.12. The van der Waals surface area contributed by atoms with Gasteiger partial charge >= 0.3 is 6.09 Å². The van der Waals surface area contributed by atoms with Gasteiger partial charge in [-0.3, -0.25) is 4.98 Å². The van der Waals surface area contributed by atoms with Crippen LogP contribution in [0.2, 0.25) is 0 Å². The first kappa shape index (κ1) is 17.3. The number of nitrogens with zero attached hydrogens (tertiary/aromatic N) is 2. The molecule has 0 bridgehead atoms. The molecular formula is C17H20BrN3O2. The maximum absolute atomic E-state index is 12.2. The summed E-state index contributed by atoms with van der Waals surface area (Å²) in [6.07, 6.45) is 2.82. The van der Waals surface area contributed by atoms with Crippen molar-refractivity contribution < 1.29 is 9.53 Å². The number of aromatic nitrogens is 1. The predicted molar refractivity (Wildman–Crippen MR) is 94.6 cm³/mol. The van der Waals surface area contributed by atoms with Crippen molar-refractivity contribution in [1.82, 2.24) is 10.4 Å². The van der Waals surface area contributed by atoms with Crippen molar-refractivity contribution in [2.75, 3.05) is 5.01 Å². The molecule has 1 heterocycles. The van der Waals surface area contributed by atoms with Crippen molar-refractivity contribution in [3.8, 4) is 0 Å². The summed E-state index contributed by atoms with van der Waals surface area (Å²) in [5.41, 5.74) is 4.82. The van der Waals surface area contributed by atoms with E-state index >= 15 is 0 Å². The molecule has 0 aliphatic heterocycles. The lowest BCUT2D eigenvalue weighted by Crippen LogP contribution is -2.42. The number of pyridine rings is 1. The molecule has 0 unspecified atom stereocenters. The van der Waals surface area contributed by atoms with Crippen LogP contribution in [-0.2, 0) is 4.74 Å². The van der Waals surface area contributed by atoms with Crippen LogP contribution in [0.1, 0.15) is 26.3 Å². The number of hydrogen-bond donors (Lipinski definition) is 1. The van der Waals surface area contributed by atoms with Crippen LogP contribution < -0.4 is 10.4 Å². The summed E-state index contributed by atoms with van der Waals surface area (Å²) in [6, 6.07) is 9.54. The molecule has 0 radical (unpaired) electrons. The van der Waals surface area contributed by atoms with Gasteiger partial charge in [0.05, 0.1) is 17.6 Å². The third kappa shape index (κ3) is 4.96. The number of benzene rings is 1. The summed E-state index contributed by atoms with van der Waals surface area (Å²) in [5.74, 6) is 0. The Morgan fingerprint density at radius 2 is 2.04 bits per heavy atom. The summed E-state index contributed by atoms with van der Waals surface area (Å²) in [5, 5.41) is 1.64. The summed E-state index contributed by atoms with van der Waals surface area (Å²) >= 11 is 3.54. The second kappa shape index (κ2) is 7.00. The van der Waals surface area contributed by atoms with Gasteiger partial charge in [0.15, 0.2) is 0 Å². The molecule has 0 aliphatic carbocycles. The van der Waals surface area contributed by atoms with Gasteiger partial charge in [0.2, 0.25) is 0 Å². The SMILES string of the molecule is Cc1ccc(N(NC(=O)OC(C)(C)C)c2cccnc2)c(Br)c1. The van der Waals surface area contributed by atoms with Crippen molar-refractivity contribution in [2.24, 2.45) is 0 Å². The monoisotopic (exact) mass is 377 g/mol. The van der Waals surface area contributed by atoms with Crippen LogP contribution in [0.5, 0.6) is 0 Å². The Morgan fingerprint density at radius 1 is 1.30 bits per heavy atom. The number of aryl methyl sites for hydroxylation is 1. The molecule has 0 saturated heterocycles. The zero-order chi connectivity index (χ0) is 17.0. The largest absolute Gasteiger partial charge is 0.443 e. The van der Waals surface area contributed by atoms with Crippen LogP contribution >= 0.6 is 15.9 Å². The quantitative estimate of drug-likeness (QED) is 0.785. The van der Waals surface area contributed by atoms with Gasteiger partial charge in [0.1, 0.15) is 5.60 Å². The van der Waals surface area contributed by atoms with E-state index in [4.69, 9.17) is 4.74 Å². The van der Waals surface area contributed by atoms with E-state index in [1.807, 2.05) is 52.0 Å². The fourth-order valence-electron chi connectivity index (χ4n) is 1.94. The first-order valence-electron chi connectivity index (χ1n) is 7.22. The minimum absolute atomic E-state index is 0.533. The molecule has 2 aromatic rings. The number of carbonyl (C=O) groups is 1. The highest BCUT2D eigenvalue weighted by atomic mass is 79.9. The van der Waals surface area contributed by atoms with Gasteiger partial charge in [-0.15, -0.1) is 0 Å². The van der Waals surface area contributed by atoms with Crippen molar-refractivity contribution in [2.45, 2.75) is 33.3 Å². The van der Waals surface area contributed by atoms with E-state index in [9.17, 15) is 4.79 Å². The lowest BCUT2D eigenvalue weighted by atomic mass is 10.2. The van der Waals surface area contributed by atoms with Crippen LogP contribution in [0.4, 0.5) is 16.2 Å². The zero-order valence-electron chi connectivity index (χ0n) is 13.6. The Kier molecular flexibility index (Phi) is 5.26. The number of carbonyl (C=O) groups excluding carboxylic acids is 1. The minimum Gasteiger partial charge on any atom is -0.443 e. The fourth-order valence-corrected chi connectivity index (χ4v) is 2.61. The summed E-state index contributed by atoms with van der Waals surface area (Å²) in [6.45, 7) is 7.47. The van der Waals surface area contributed by atoms with E-state index in [0.717, 1.165) is 21.4 Å². The van der Waals surface area contributed by atoms with Gasteiger partial charge in [-0.2, -0.15) is 0 Å². The molecule has 0 fully saturated rings. The Balaban J connectivity index is 2.35. The first-order chi connectivity index (χ1) is 10.8. The van der Waals surface area contributed by atoms with Gasteiger partial charge < -0.3 is 4.74 Å². The van der Waals surface area contributed by atoms with Crippen LogP contribution in [0.25, 0.3) is 0 Å². The zero-order valence-corrected chi connectivity index (χ0v) is 15.2. The third-order valence-electron chi connectivity index (χ3n) is 2.85. The summed E-state index contributed by atoms with van der Waals surface area (Å²) in [4.78, 5) is 16.3. The average molecular weight is 378 g/mol. The molecule has 1 amide bonds. The van der Waals surface area contributed by atoms with E-state index in [1.165, 1.54) is 0 Å². The molecule has 122 valence electrons. The normalized spacial score (nSPS) is 11.0. The third-order valence-corrected chi connectivity index (χ3v) is 3.49. The number of hydrogen-bond acceptors (Lipinski definition) is 4. The lowest BCUT2D eigenvalue weighted by Gasteiger charge is -2.28. The smallest absolute Gasteiger partial charge is 0.426 e. The van der Waals surface area contributed by atoms with Gasteiger partial charge in [0.25, 0.3) is 0 Å². The number of halogens is 1. The Hall–Kier alpha value is -2.08. The number of anilines is 2. The Labute approximate surface area is 144 Å². The minimum atomic E-state index is -0.574. The summed E-state index contributed by atoms with van der Waals surface area (Å²) < 4.78 is 6.21. The molecule has 1 aromatic carbocycles. The highest BCUT2D eigenvalue weighted by molar-refractivity contribution is 9.10. The van der Waals surface area contributed by atoms with E-state index < -0.39 is 11.7 Å². The molecule has 1 N–H and O–H groups in total. The van der Waals surface area contributed by atoms with E-state index in [1.54, 1.807) is 23.5 Å². The molecule has 0 atom stereocenters. The standard InChI is InChI=1S/C17H20BrN3O2/c1-12-7-8-15(14(18)10-12)21(13-6-5-9-19-11-13)20-16(22)23-17(2,3)4/h5-11H,1-4H3,(H,20,22). The molecule has 0 aliphatic rings. The molecule has 2 rings (SSSR count). The van der Waals surface area contributed by atoms with Gasteiger partial charge in [0, 0.05) is 10.7 Å². The van der Waals surface area contributed by atoms with Crippen molar-refractivity contribution in [3.05, 3.63) is 52.8 Å². The van der Waals surface area contributed by atoms with Crippen LogP contribution in [-0.4, -0.2) is 16.7 Å². The van der Waals surface area contributed by atoms with E-state index in [0.29, 0.717) is 0 Å². The number of amides is 1.